The Morgan fingerprint density at radius 2 is 1.85 bits per heavy atom. The van der Waals surface area contributed by atoms with E-state index in [1.54, 1.807) is 31.1 Å². The normalized spacial score (nSPS) is 14.1. The summed E-state index contributed by atoms with van der Waals surface area (Å²) in [5.41, 5.74) is 0.813. The van der Waals surface area contributed by atoms with Crippen LogP contribution >= 0.6 is 0 Å². The maximum atomic E-state index is 12.2. The zero-order chi connectivity index (χ0) is 15.3. The number of nitrogens with zero attached hydrogens (tertiary/aromatic N) is 1. The lowest BCUT2D eigenvalue weighted by atomic mass is 10.00. The molecule has 20 heavy (non-hydrogen) atoms. The molecule has 0 aliphatic heterocycles. The number of rotatable bonds is 6. The summed E-state index contributed by atoms with van der Waals surface area (Å²) < 4.78 is 0. The van der Waals surface area contributed by atoms with E-state index in [4.69, 9.17) is 0 Å². The molecule has 1 amide bonds. The number of likely N-dealkylation sites (N-methyl/N-ethyl adjacent to an activating group) is 1. The van der Waals surface area contributed by atoms with Crippen molar-refractivity contribution in [3.05, 3.63) is 29.8 Å². The minimum absolute atomic E-state index is 0.0703. The summed E-state index contributed by atoms with van der Waals surface area (Å²) in [7, 11) is 3.53. The number of benzene rings is 1. The molecule has 112 valence electrons. The van der Waals surface area contributed by atoms with Crippen molar-refractivity contribution in [2.75, 3.05) is 14.1 Å². The molecule has 0 spiro atoms. The van der Waals surface area contributed by atoms with E-state index in [1.165, 1.54) is 0 Å². The number of para-hydroxylation sites is 1. The van der Waals surface area contributed by atoms with Crippen molar-refractivity contribution in [2.45, 2.75) is 39.3 Å². The fraction of sp³-hybridized carbons (Fsp3) is 0.562. The summed E-state index contributed by atoms with van der Waals surface area (Å²) in [6.07, 6.45) is 0.773. The predicted molar refractivity (Wildman–Crippen MR) is 81.6 cm³/mol. The second-order valence-electron chi connectivity index (χ2n) is 5.86. The van der Waals surface area contributed by atoms with E-state index in [2.05, 4.69) is 19.2 Å². The van der Waals surface area contributed by atoms with Crippen molar-refractivity contribution < 1.29 is 9.90 Å². The van der Waals surface area contributed by atoms with Gasteiger partial charge < -0.3 is 10.0 Å². The third kappa shape index (κ3) is 4.53. The van der Waals surface area contributed by atoms with E-state index in [1.807, 2.05) is 19.1 Å². The van der Waals surface area contributed by atoms with Crippen LogP contribution in [0.3, 0.4) is 0 Å². The van der Waals surface area contributed by atoms with Crippen LogP contribution in [0.15, 0.2) is 24.3 Å². The Bertz CT molecular complexity index is 444. The first kappa shape index (κ1) is 16.5. The van der Waals surface area contributed by atoms with Crippen LogP contribution in [-0.4, -0.2) is 36.1 Å². The number of aromatic hydroxyl groups is 1. The van der Waals surface area contributed by atoms with Gasteiger partial charge >= 0.3 is 0 Å². The Morgan fingerprint density at radius 3 is 2.35 bits per heavy atom. The lowest BCUT2D eigenvalue weighted by Gasteiger charge is -2.27. The Labute approximate surface area is 121 Å². The molecule has 1 rings (SSSR count). The summed E-state index contributed by atoms with van der Waals surface area (Å²) in [6, 6.07) is 6.90. The lowest BCUT2D eigenvalue weighted by Crippen LogP contribution is -2.45. The first-order chi connectivity index (χ1) is 9.32. The quantitative estimate of drug-likeness (QED) is 0.841. The van der Waals surface area contributed by atoms with Gasteiger partial charge in [-0.2, -0.15) is 0 Å². The van der Waals surface area contributed by atoms with Crippen LogP contribution < -0.4 is 5.32 Å². The minimum Gasteiger partial charge on any atom is -0.508 e. The molecule has 0 heterocycles. The molecular formula is C16H26N2O2. The molecule has 1 aromatic carbocycles. The molecule has 0 radical (unpaired) electrons. The largest absolute Gasteiger partial charge is 0.508 e. The number of hydrogen-bond donors (Lipinski definition) is 2. The van der Waals surface area contributed by atoms with Gasteiger partial charge in [0.1, 0.15) is 5.75 Å². The van der Waals surface area contributed by atoms with Gasteiger partial charge in [-0.1, -0.05) is 32.0 Å². The van der Waals surface area contributed by atoms with Crippen molar-refractivity contribution in [2.24, 2.45) is 5.92 Å². The van der Waals surface area contributed by atoms with Crippen LogP contribution in [0.4, 0.5) is 0 Å². The second-order valence-corrected chi connectivity index (χ2v) is 5.86. The number of carbonyl (C=O) groups is 1. The molecule has 0 aliphatic carbocycles. The first-order valence-electron chi connectivity index (χ1n) is 7.08. The van der Waals surface area contributed by atoms with Crippen molar-refractivity contribution >= 4 is 5.91 Å². The van der Waals surface area contributed by atoms with E-state index in [-0.39, 0.29) is 23.7 Å². The number of nitrogens with one attached hydrogen (secondary N) is 1. The monoisotopic (exact) mass is 278 g/mol. The summed E-state index contributed by atoms with van der Waals surface area (Å²) in [6.45, 7) is 6.16. The molecule has 0 aromatic heterocycles. The molecule has 2 atom stereocenters. The van der Waals surface area contributed by atoms with E-state index in [9.17, 15) is 9.90 Å². The van der Waals surface area contributed by atoms with Crippen LogP contribution in [0.25, 0.3) is 0 Å². The van der Waals surface area contributed by atoms with Crippen molar-refractivity contribution in [1.82, 2.24) is 10.2 Å². The molecule has 0 fully saturated rings. The van der Waals surface area contributed by atoms with Gasteiger partial charge in [0, 0.05) is 25.7 Å². The van der Waals surface area contributed by atoms with Gasteiger partial charge in [0.05, 0.1) is 6.04 Å². The second kappa shape index (κ2) is 7.29. The Balaban J connectivity index is 2.84. The maximum absolute atomic E-state index is 12.2. The predicted octanol–water partition coefficient (Wildman–Crippen LogP) is 2.55. The van der Waals surface area contributed by atoms with E-state index in [0.717, 1.165) is 12.0 Å². The average Bonchev–Trinajstić information content (AvgIpc) is 2.36. The van der Waals surface area contributed by atoms with Crippen LogP contribution in [0, 0.1) is 5.92 Å². The Hall–Kier alpha value is -1.55. The Kier molecular flexibility index (Phi) is 6.02. The third-order valence-corrected chi connectivity index (χ3v) is 3.30. The topological polar surface area (TPSA) is 52.6 Å². The highest BCUT2D eigenvalue weighted by molar-refractivity contribution is 5.81. The van der Waals surface area contributed by atoms with Crippen molar-refractivity contribution in [3.63, 3.8) is 0 Å². The highest BCUT2D eigenvalue weighted by atomic mass is 16.3. The van der Waals surface area contributed by atoms with Crippen LogP contribution in [0.1, 0.15) is 38.8 Å². The smallest absolute Gasteiger partial charge is 0.239 e. The summed E-state index contributed by atoms with van der Waals surface area (Å²) in [5.74, 6) is 0.752. The highest BCUT2D eigenvalue weighted by Gasteiger charge is 2.24. The van der Waals surface area contributed by atoms with Crippen LogP contribution in [0.5, 0.6) is 5.75 Å². The minimum atomic E-state index is -0.236. The molecular weight excluding hydrogens is 252 g/mol. The van der Waals surface area contributed by atoms with Crippen LogP contribution in [-0.2, 0) is 4.79 Å². The molecule has 0 saturated heterocycles. The highest BCUT2D eigenvalue weighted by Crippen LogP contribution is 2.24. The summed E-state index contributed by atoms with van der Waals surface area (Å²) >= 11 is 0. The summed E-state index contributed by atoms with van der Waals surface area (Å²) in [5, 5.41) is 13.2. The van der Waals surface area contributed by atoms with Gasteiger partial charge in [0.25, 0.3) is 0 Å². The number of hydrogen-bond acceptors (Lipinski definition) is 3. The molecule has 0 bridgehead atoms. The van der Waals surface area contributed by atoms with Crippen molar-refractivity contribution in [1.29, 1.82) is 0 Å². The number of phenolic OH excluding ortho intramolecular Hbond substituents is 1. The number of carbonyl (C=O) groups excluding carboxylic acids is 1. The van der Waals surface area contributed by atoms with Gasteiger partial charge in [-0.3, -0.25) is 10.1 Å². The molecule has 4 nitrogen and oxygen atoms in total. The summed E-state index contributed by atoms with van der Waals surface area (Å²) in [4.78, 5) is 13.8. The fourth-order valence-corrected chi connectivity index (χ4v) is 2.27. The van der Waals surface area contributed by atoms with E-state index < -0.39 is 0 Å². The average molecular weight is 278 g/mol. The standard InChI is InChI=1S/C16H26N2O2/c1-11(2)10-14(16(20)18(4)5)17-12(3)13-8-6-7-9-15(13)19/h6-9,11-12,14,17,19H,10H2,1-5H3. The molecule has 2 unspecified atom stereocenters. The molecule has 1 aromatic rings. The molecule has 2 N–H and O–H groups in total. The maximum Gasteiger partial charge on any atom is 0.239 e. The number of phenols is 1. The van der Waals surface area contributed by atoms with Gasteiger partial charge in [-0.25, -0.2) is 0 Å². The van der Waals surface area contributed by atoms with Gasteiger partial charge in [0.2, 0.25) is 5.91 Å². The first-order valence-corrected chi connectivity index (χ1v) is 7.08. The van der Waals surface area contributed by atoms with Gasteiger partial charge in [-0.05, 0) is 25.3 Å². The van der Waals surface area contributed by atoms with E-state index in [0.29, 0.717) is 5.92 Å². The van der Waals surface area contributed by atoms with Gasteiger partial charge in [-0.15, -0.1) is 0 Å². The van der Waals surface area contributed by atoms with Gasteiger partial charge in [0.15, 0.2) is 0 Å². The SMILES string of the molecule is CC(C)CC(NC(C)c1ccccc1O)C(=O)N(C)C. The zero-order valence-corrected chi connectivity index (χ0v) is 13.1. The van der Waals surface area contributed by atoms with Crippen molar-refractivity contribution in [3.8, 4) is 5.75 Å². The van der Waals surface area contributed by atoms with Crippen LogP contribution in [0.2, 0.25) is 0 Å². The van der Waals surface area contributed by atoms with E-state index >= 15 is 0 Å². The third-order valence-electron chi connectivity index (χ3n) is 3.30. The Morgan fingerprint density at radius 1 is 1.25 bits per heavy atom. The molecule has 0 aliphatic rings. The fourth-order valence-electron chi connectivity index (χ4n) is 2.27. The lowest BCUT2D eigenvalue weighted by molar-refractivity contribution is -0.131. The number of amides is 1. The molecule has 0 saturated carbocycles. The molecule has 4 heteroatoms. The zero-order valence-electron chi connectivity index (χ0n) is 13.1.